The molecule has 9 nitrogen and oxygen atoms in total. The number of imide groups is 1. The predicted molar refractivity (Wildman–Crippen MR) is 126 cm³/mol. The molecule has 1 atom stereocenters. The number of non-ortho nitro benzene ring substituents is 1. The summed E-state index contributed by atoms with van der Waals surface area (Å²) in [5.41, 5.74) is -0.629. The molecular formula is C24H20N4O5S. The number of benzene rings is 3. The molecule has 1 fully saturated rings. The number of anilines is 1. The molecule has 0 radical (unpaired) electrons. The normalized spacial score (nSPS) is 17.4. The van der Waals surface area contributed by atoms with Gasteiger partial charge in [-0.15, -0.1) is 0 Å². The number of amides is 4. The van der Waals surface area contributed by atoms with Gasteiger partial charge in [0.1, 0.15) is 12.1 Å². The van der Waals surface area contributed by atoms with Gasteiger partial charge in [0.2, 0.25) is 5.91 Å². The molecule has 1 heterocycles. The SMILES string of the molecule is CC1(c2ccc([N+](=O)[O-])cc2)NC(=O)N(CC(=O)Nc2ccccc2Sc2ccccc2)C1=O. The number of hydrogen-bond donors (Lipinski definition) is 2. The molecule has 172 valence electrons. The lowest BCUT2D eigenvalue weighted by Gasteiger charge is -2.22. The van der Waals surface area contributed by atoms with Crippen molar-refractivity contribution in [3.63, 3.8) is 0 Å². The molecule has 1 saturated heterocycles. The fourth-order valence-electron chi connectivity index (χ4n) is 3.56. The van der Waals surface area contributed by atoms with E-state index in [1.165, 1.54) is 43.0 Å². The van der Waals surface area contributed by atoms with Gasteiger partial charge in [0.15, 0.2) is 0 Å². The quantitative estimate of drug-likeness (QED) is 0.300. The molecule has 1 aliphatic heterocycles. The summed E-state index contributed by atoms with van der Waals surface area (Å²) < 4.78 is 0. The minimum atomic E-state index is -1.44. The van der Waals surface area contributed by atoms with Crippen LogP contribution < -0.4 is 10.6 Å². The average Bonchev–Trinajstić information content (AvgIpc) is 3.05. The lowest BCUT2D eigenvalue weighted by molar-refractivity contribution is -0.384. The molecule has 10 heteroatoms. The molecule has 0 aromatic heterocycles. The van der Waals surface area contributed by atoms with Gasteiger partial charge in [0.25, 0.3) is 11.6 Å². The van der Waals surface area contributed by atoms with Crippen molar-refractivity contribution in [3.8, 4) is 0 Å². The minimum Gasteiger partial charge on any atom is -0.323 e. The highest BCUT2D eigenvalue weighted by molar-refractivity contribution is 7.99. The second-order valence-corrected chi connectivity index (χ2v) is 8.83. The van der Waals surface area contributed by atoms with E-state index in [1.54, 1.807) is 12.1 Å². The maximum Gasteiger partial charge on any atom is 0.325 e. The highest BCUT2D eigenvalue weighted by atomic mass is 32.2. The monoisotopic (exact) mass is 476 g/mol. The first-order chi connectivity index (χ1) is 16.3. The lowest BCUT2D eigenvalue weighted by atomic mass is 9.92. The van der Waals surface area contributed by atoms with E-state index in [0.717, 1.165) is 14.7 Å². The topological polar surface area (TPSA) is 122 Å². The highest BCUT2D eigenvalue weighted by Crippen LogP contribution is 2.33. The summed E-state index contributed by atoms with van der Waals surface area (Å²) in [7, 11) is 0. The average molecular weight is 477 g/mol. The minimum absolute atomic E-state index is 0.132. The van der Waals surface area contributed by atoms with Gasteiger partial charge in [-0.25, -0.2) is 4.79 Å². The molecule has 34 heavy (non-hydrogen) atoms. The number of para-hydroxylation sites is 1. The van der Waals surface area contributed by atoms with E-state index in [0.29, 0.717) is 11.3 Å². The Hall–Kier alpha value is -4.18. The summed E-state index contributed by atoms with van der Waals surface area (Å²) >= 11 is 1.48. The number of nitro groups is 1. The van der Waals surface area contributed by atoms with Crippen LogP contribution in [0.2, 0.25) is 0 Å². The Kier molecular flexibility index (Phi) is 6.33. The first-order valence-corrected chi connectivity index (χ1v) is 11.1. The third-order valence-electron chi connectivity index (χ3n) is 5.36. The Morgan fingerprint density at radius 3 is 2.35 bits per heavy atom. The second-order valence-electron chi connectivity index (χ2n) is 7.71. The van der Waals surface area contributed by atoms with Crippen molar-refractivity contribution < 1.29 is 19.3 Å². The first kappa shape index (κ1) is 23.0. The maximum atomic E-state index is 13.1. The Morgan fingerprint density at radius 2 is 1.68 bits per heavy atom. The van der Waals surface area contributed by atoms with Crippen LogP contribution in [0.25, 0.3) is 0 Å². The van der Waals surface area contributed by atoms with Crippen molar-refractivity contribution >= 4 is 41.0 Å². The summed E-state index contributed by atoms with van der Waals surface area (Å²) in [6.45, 7) is 1.02. The van der Waals surface area contributed by atoms with Crippen molar-refractivity contribution in [1.29, 1.82) is 0 Å². The zero-order chi connectivity index (χ0) is 24.3. The zero-order valence-corrected chi connectivity index (χ0v) is 18.9. The zero-order valence-electron chi connectivity index (χ0n) is 18.1. The number of urea groups is 1. The van der Waals surface area contributed by atoms with Crippen LogP contribution in [0.1, 0.15) is 12.5 Å². The summed E-state index contributed by atoms with van der Waals surface area (Å²) in [6.07, 6.45) is 0. The third-order valence-corrected chi connectivity index (χ3v) is 6.45. The van der Waals surface area contributed by atoms with Gasteiger partial charge < -0.3 is 10.6 Å². The van der Waals surface area contributed by atoms with Crippen LogP contribution in [-0.2, 0) is 15.1 Å². The molecule has 0 saturated carbocycles. The van der Waals surface area contributed by atoms with Gasteiger partial charge in [-0.1, -0.05) is 42.1 Å². The first-order valence-electron chi connectivity index (χ1n) is 10.3. The van der Waals surface area contributed by atoms with E-state index in [4.69, 9.17) is 0 Å². The smallest absolute Gasteiger partial charge is 0.323 e. The van der Waals surface area contributed by atoms with Crippen molar-refractivity contribution in [2.45, 2.75) is 22.3 Å². The summed E-state index contributed by atoms with van der Waals surface area (Å²) in [5, 5.41) is 16.3. The number of carbonyl (C=O) groups is 3. The fourth-order valence-corrected chi connectivity index (χ4v) is 4.48. The van der Waals surface area contributed by atoms with Crippen LogP contribution in [0.3, 0.4) is 0 Å². The highest BCUT2D eigenvalue weighted by Gasteiger charge is 2.49. The van der Waals surface area contributed by atoms with Crippen molar-refractivity contribution in [1.82, 2.24) is 10.2 Å². The maximum absolute atomic E-state index is 13.1. The molecule has 0 bridgehead atoms. The number of rotatable bonds is 7. The van der Waals surface area contributed by atoms with Gasteiger partial charge in [-0.2, -0.15) is 0 Å². The van der Waals surface area contributed by atoms with E-state index < -0.39 is 34.9 Å². The number of carbonyl (C=O) groups excluding carboxylic acids is 3. The molecule has 2 N–H and O–H groups in total. The van der Waals surface area contributed by atoms with Crippen LogP contribution in [0.5, 0.6) is 0 Å². The van der Waals surface area contributed by atoms with Crippen LogP contribution >= 0.6 is 11.8 Å². The Labute approximate surface area is 199 Å². The standard InChI is InChI=1S/C24H20N4O5S/c1-24(16-11-13-17(14-12-16)28(32)33)22(30)27(23(31)26-24)15-21(29)25-19-9-5-6-10-20(19)34-18-7-3-2-4-8-18/h2-14H,15H2,1H3,(H,25,29)(H,26,31). The van der Waals surface area contributed by atoms with Crippen LogP contribution in [0.4, 0.5) is 16.2 Å². The van der Waals surface area contributed by atoms with Gasteiger partial charge in [-0.05, 0) is 48.9 Å². The Balaban J connectivity index is 1.47. The van der Waals surface area contributed by atoms with Gasteiger partial charge in [0, 0.05) is 21.9 Å². The van der Waals surface area contributed by atoms with Gasteiger partial charge in [0.05, 0.1) is 10.6 Å². The predicted octanol–water partition coefficient (Wildman–Crippen LogP) is 4.15. The van der Waals surface area contributed by atoms with E-state index >= 15 is 0 Å². The number of nitro benzene ring substituents is 1. The number of nitrogens with zero attached hydrogens (tertiary/aromatic N) is 2. The third kappa shape index (κ3) is 4.62. The molecule has 1 aliphatic rings. The molecule has 0 aliphatic carbocycles. The Bertz CT molecular complexity index is 1270. The summed E-state index contributed by atoms with van der Waals surface area (Å²) in [5.74, 6) is -1.15. The molecule has 3 aromatic carbocycles. The molecular weight excluding hydrogens is 456 g/mol. The van der Waals surface area contributed by atoms with Gasteiger partial charge in [-0.3, -0.25) is 24.6 Å². The number of hydrogen-bond acceptors (Lipinski definition) is 6. The molecule has 0 spiro atoms. The largest absolute Gasteiger partial charge is 0.325 e. The van der Waals surface area contributed by atoms with E-state index in [2.05, 4.69) is 10.6 Å². The Morgan fingerprint density at radius 1 is 1.03 bits per heavy atom. The van der Waals surface area contributed by atoms with E-state index in [1.807, 2.05) is 42.5 Å². The number of nitrogens with one attached hydrogen (secondary N) is 2. The second kappa shape index (κ2) is 9.36. The van der Waals surface area contributed by atoms with E-state index in [-0.39, 0.29) is 5.69 Å². The van der Waals surface area contributed by atoms with E-state index in [9.17, 15) is 24.5 Å². The van der Waals surface area contributed by atoms with Crippen molar-refractivity contribution in [3.05, 3.63) is 94.5 Å². The van der Waals surface area contributed by atoms with Crippen LogP contribution in [0.15, 0.2) is 88.7 Å². The van der Waals surface area contributed by atoms with Crippen molar-refractivity contribution in [2.75, 3.05) is 11.9 Å². The van der Waals surface area contributed by atoms with Crippen LogP contribution in [0, 0.1) is 10.1 Å². The molecule has 4 amide bonds. The molecule has 1 unspecified atom stereocenters. The van der Waals surface area contributed by atoms with Gasteiger partial charge >= 0.3 is 6.03 Å². The molecule has 3 aromatic rings. The van der Waals surface area contributed by atoms with Crippen LogP contribution in [-0.4, -0.2) is 34.2 Å². The molecule has 4 rings (SSSR count). The summed E-state index contributed by atoms with van der Waals surface area (Å²) in [4.78, 5) is 51.4. The summed E-state index contributed by atoms with van der Waals surface area (Å²) in [6, 6.07) is 21.5. The van der Waals surface area contributed by atoms with Crippen molar-refractivity contribution in [2.24, 2.45) is 0 Å². The fraction of sp³-hybridized carbons (Fsp3) is 0.125. The lowest BCUT2D eigenvalue weighted by Crippen LogP contribution is -2.42.